The van der Waals surface area contributed by atoms with Gasteiger partial charge in [0.2, 0.25) is 0 Å². The maximum absolute atomic E-state index is 11.4. The predicted octanol–water partition coefficient (Wildman–Crippen LogP) is 2.02. The van der Waals surface area contributed by atoms with Gasteiger partial charge in [-0.05, 0) is 30.0 Å². The molecule has 0 aliphatic carbocycles. The highest BCUT2D eigenvalue weighted by Gasteiger charge is 2.30. The molecule has 2 N–H and O–H groups in total. The van der Waals surface area contributed by atoms with Crippen LogP contribution >= 0.6 is 15.9 Å². The largest absolute Gasteiger partial charge is 0.364 e. The number of carbonyl (C=O) groups is 1. The van der Waals surface area contributed by atoms with Crippen molar-refractivity contribution in [2.75, 3.05) is 18.0 Å². The Morgan fingerprint density at radius 3 is 2.57 bits per heavy atom. The summed E-state index contributed by atoms with van der Waals surface area (Å²) in [5, 5.41) is 0. The molecular weight excluding hydrogens is 332 g/mol. The molecule has 6 heteroatoms. The van der Waals surface area contributed by atoms with E-state index in [1.807, 2.05) is 0 Å². The first kappa shape index (κ1) is 14.0. The summed E-state index contributed by atoms with van der Waals surface area (Å²) >= 11 is 3.44. The number of nitrogens with two attached hydrogens (primary N) is 1. The summed E-state index contributed by atoms with van der Waals surface area (Å²) in [5.41, 5.74) is 6.90. The molecule has 1 aliphatic rings. The first-order chi connectivity index (χ1) is 10.1. The zero-order valence-corrected chi connectivity index (χ0v) is 13.0. The normalized spacial score (nSPS) is 14.8. The van der Waals surface area contributed by atoms with E-state index in [1.54, 1.807) is 6.20 Å². The van der Waals surface area contributed by atoms with Crippen LogP contribution in [0.15, 0.2) is 41.1 Å². The molecule has 1 saturated heterocycles. The topological polar surface area (TPSA) is 72.1 Å². The average Bonchev–Trinajstić information content (AvgIpc) is 2.44. The van der Waals surface area contributed by atoms with Gasteiger partial charge in [-0.1, -0.05) is 28.1 Å². The van der Waals surface area contributed by atoms with E-state index in [4.69, 9.17) is 5.73 Å². The minimum Gasteiger partial charge on any atom is -0.364 e. The van der Waals surface area contributed by atoms with Crippen LogP contribution in [0.2, 0.25) is 0 Å². The summed E-state index contributed by atoms with van der Waals surface area (Å²) in [5.74, 6) is 0.625. The summed E-state index contributed by atoms with van der Waals surface area (Å²) in [7, 11) is 0. The van der Waals surface area contributed by atoms with Crippen LogP contribution in [0.1, 0.15) is 16.1 Å². The van der Waals surface area contributed by atoms with Gasteiger partial charge in [0, 0.05) is 30.0 Å². The van der Waals surface area contributed by atoms with Gasteiger partial charge in [-0.15, -0.1) is 0 Å². The van der Waals surface area contributed by atoms with Crippen LogP contribution in [0, 0.1) is 5.92 Å². The lowest BCUT2D eigenvalue weighted by Gasteiger charge is -2.40. The first-order valence-electron chi connectivity index (χ1n) is 6.73. The Morgan fingerprint density at radius 1 is 1.24 bits per heavy atom. The van der Waals surface area contributed by atoms with Gasteiger partial charge in [0.05, 0.1) is 0 Å². The molecule has 1 aromatic carbocycles. The van der Waals surface area contributed by atoms with E-state index in [-0.39, 0.29) is 5.69 Å². The van der Waals surface area contributed by atoms with Crippen LogP contribution in [-0.4, -0.2) is 29.0 Å². The maximum Gasteiger partial charge on any atom is 0.271 e. The monoisotopic (exact) mass is 346 g/mol. The summed E-state index contributed by atoms with van der Waals surface area (Å²) in [6.45, 7) is 1.74. The van der Waals surface area contributed by atoms with Crippen molar-refractivity contribution in [3.8, 4) is 0 Å². The first-order valence-corrected chi connectivity index (χ1v) is 7.53. The van der Waals surface area contributed by atoms with Crippen LogP contribution in [-0.2, 0) is 6.42 Å². The Kier molecular flexibility index (Phi) is 3.88. The smallest absolute Gasteiger partial charge is 0.271 e. The van der Waals surface area contributed by atoms with Crippen molar-refractivity contribution in [1.29, 1.82) is 0 Å². The van der Waals surface area contributed by atoms with Crippen LogP contribution in [0.3, 0.4) is 0 Å². The molecule has 0 unspecified atom stereocenters. The number of hydrogen-bond acceptors (Lipinski definition) is 4. The molecule has 0 bridgehead atoms. The lowest BCUT2D eigenvalue weighted by atomic mass is 9.92. The van der Waals surface area contributed by atoms with Crippen LogP contribution in [0.5, 0.6) is 0 Å². The number of halogens is 1. The Bertz CT molecular complexity index is 653. The van der Waals surface area contributed by atoms with Gasteiger partial charge in [-0.25, -0.2) is 9.97 Å². The molecule has 21 heavy (non-hydrogen) atoms. The number of rotatable bonds is 4. The summed E-state index contributed by atoms with van der Waals surface area (Å²) in [4.78, 5) is 21.7. The Balaban J connectivity index is 1.63. The summed E-state index contributed by atoms with van der Waals surface area (Å²) in [6, 6.07) is 8.37. The fourth-order valence-electron chi connectivity index (χ4n) is 2.56. The minimum absolute atomic E-state index is 0.250. The number of benzene rings is 1. The van der Waals surface area contributed by atoms with Crippen molar-refractivity contribution in [1.82, 2.24) is 9.97 Å². The zero-order valence-electron chi connectivity index (χ0n) is 11.4. The number of amides is 1. The summed E-state index contributed by atoms with van der Waals surface area (Å²) in [6.07, 6.45) is 4.10. The van der Waals surface area contributed by atoms with Crippen LogP contribution in [0.25, 0.3) is 0 Å². The predicted molar refractivity (Wildman–Crippen MR) is 84.1 cm³/mol. The maximum atomic E-state index is 11.4. The Labute approximate surface area is 131 Å². The van der Waals surface area contributed by atoms with Crippen molar-refractivity contribution in [3.05, 3.63) is 52.4 Å². The second-order valence-corrected chi connectivity index (χ2v) is 6.11. The second-order valence-electron chi connectivity index (χ2n) is 5.19. The van der Waals surface area contributed by atoms with E-state index in [0.717, 1.165) is 24.0 Å². The fraction of sp³-hybridized carbons (Fsp3) is 0.267. The van der Waals surface area contributed by atoms with Gasteiger partial charge in [0.1, 0.15) is 0 Å². The molecule has 1 aliphatic heterocycles. The van der Waals surface area contributed by atoms with Crippen molar-refractivity contribution in [3.63, 3.8) is 0 Å². The van der Waals surface area contributed by atoms with Crippen molar-refractivity contribution < 1.29 is 4.79 Å². The second kappa shape index (κ2) is 5.81. The molecule has 2 aromatic rings. The van der Waals surface area contributed by atoms with E-state index in [0.29, 0.717) is 11.7 Å². The zero-order chi connectivity index (χ0) is 14.8. The fourth-order valence-corrected chi connectivity index (χ4v) is 2.83. The molecule has 0 spiro atoms. The molecule has 108 valence electrons. The third kappa shape index (κ3) is 3.05. The van der Waals surface area contributed by atoms with Crippen molar-refractivity contribution in [2.45, 2.75) is 6.42 Å². The van der Waals surface area contributed by atoms with E-state index in [1.165, 1.54) is 11.8 Å². The number of carbonyl (C=O) groups excluding carboxylic acids is 1. The van der Waals surface area contributed by atoms with Crippen LogP contribution < -0.4 is 10.6 Å². The molecule has 0 saturated carbocycles. The SMILES string of the molecule is NC(=O)c1nccnc1N1CC(Cc2ccc(Br)cc2)C1. The van der Waals surface area contributed by atoms with Gasteiger partial charge >= 0.3 is 0 Å². The number of nitrogens with zero attached hydrogens (tertiary/aromatic N) is 3. The number of anilines is 1. The van der Waals surface area contributed by atoms with Gasteiger partial charge in [0.25, 0.3) is 5.91 Å². The number of hydrogen-bond donors (Lipinski definition) is 1. The average molecular weight is 347 g/mol. The molecule has 3 rings (SSSR count). The van der Waals surface area contributed by atoms with E-state index < -0.39 is 5.91 Å². The van der Waals surface area contributed by atoms with E-state index in [2.05, 4.69) is 55.1 Å². The van der Waals surface area contributed by atoms with Gasteiger partial charge in [-0.3, -0.25) is 4.79 Å². The third-order valence-electron chi connectivity index (χ3n) is 3.61. The highest BCUT2D eigenvalue weighted by Crippen LogP contribution is 2.27. The lowest BCUT2D eigenvalue weighted by Crippen LogP contribution is -2.49. The standard InChI is InChI=1S/C15H15BrN4O/c16-12-3-1-10(2-4-12)7-11-8-20(9-11)15-13(14(17)21)18-5-6-19-15/h1-6,11H,7-9H2,(H2,17,21). The molecule has 1 aromatic heterocycles. The van der Waals surface area contributed by atoms with Gasteiger partial charge in [-0.2, -0.15) is 0 Å². The van der Waals surface area contributed by atoms with Crippen molar-refractivity contribution in [2.24, 2.45) is 11.7 Å². The molecule has 1 fully saturated rings. The van der Waals surface area contributed by atoms with Crippen molar-refractivity contribution >= 4 is 27.7 Å². The highest BCUT2D eigenvalue weighted by molar-refractivity contribution is 9.10. The molecular formula is C15H15BrN4O. The van der Waals surface area contributed by atoms with Crippen LogP contribution in [0.4, 0.5) is 5.82 Å². The molecule has 0 radical (unpaired) electrons. The molecule has 1 amide bonds. The molecule has 5 nitrogen and oxygen atoms in total. The lowest BCUT2D eigenvalue weighted by molar-refractivity contribution is 0.0995. The third-order valence-corrected chi connectivity index (χ3v) is 4.14. The number of primary amides is 1. The van der Waals surface area contributed by atoms with E-state index >= 15 is 0 Å². The quantitative estimate of drug-likeness (QED) is 0.919. The van der Waals surface area contributed by atoms with E-state index in [9.17, 15) is 4.79 Å². The number of aromatic nitrogens is 2. The Morgan fingerprint density at radius 2 is 1.90 bits per heavy atom. The molecule has 0 atom stereocenters. The summed E-state index contributed by atoms with van der Waals surface area (Å²) < 4.78 is 1.09. The minimum atomic E-state index is -0.533. The molecule has 2 heterocycles. The highest BCUT2D eigenvalue weighted by atomic mass is 79.9. The Hall–Kier alpha value is -1.95. The van der Waals surface area contributed by atoms with Gasteiger partial charge < -0.3 is 10.6 Å². The van der Waals surface area contributed by atoms with Gasteiger partial charge in [0.15, 0.2) is 11.5 Å².